The molecule has 1 aromatic heterocycles. The largest absolute Gasteiger partial charge is 0.477 e. The number of pyridine rings is 1. The average molecular weight is 312 g/mol. The Labute approximate surface area is 127 Å². The number of aromatic carboxylic acids is 1. The predicted octanol–water partition coefficient (Wildman–Crippen LogP) is 0.699. The molecule has 8 heteroatoms. The van der Waals surface area contributed by atoms with Gasteiger partial charge >= 0.3 is 12.1 Å². The van der Waals surface area contributed by atoms with Crippen LogP contribution in [0.15, 0.2) is 18.3 Å². The Morgan fingerprint density at radius 3 is 2.55 bits per heavy atom. The van der Waals surface area contributed by atoms with Gasteiger partial charge in [-0.1, -0.05) is 0 Å². The third-order valence-electron chi connectivity index (χ3n) is 2.56. The highest BCUT2D eigenvalue weighted by atomic mass is 16.6. The smallest absolute Gasteiger partial charge is 0.407 e. The normalized spacial score (nSPS) is 14.0. The van der Waals surface area contributed by atoms with Crippen molar-refractivity contribution in [2.24, 2.45) is 0 Å². The zero-order valence-corrected chi connectivity index (χ0v) is 12.6. The molecule has 1 amide bonds. The van der Waals surface area contributed by atoms with Crippen molar-refractivity contribution >= 4 is 12.1 Å². The maximum absolute atomic E-state index is 11.5. The van der Waals surface area contributed by atoms with Gasteiger partial charge in [-0.3, -0.25) is 0 Å². The minimum atomic E-state index is -1.36. The highest BCUT2D eigenvalue weighted by Gasteiger charge is 2.22. The lowest BCUT2D eigenvalue weighted by Gasteiger charge is -2.22. The number of amides is 1. The standard InChI is InChI=1S/C14H20N2O6/c1-14(2,3)22-13(21)16-7-10(17)11(18)8-4-5-15-9(6-8)12(19)20/h4-6,10-11,17-18H,7H2,1-3H3,(H,16,21)(H,19,20). The minimum Gasteiger partial charge on any atom is -0.477 e. The number of aliphatic hydroxyl groups is 2. The van der Waals surface area contributed by atoms with Crippen LogP contribution in [0.2, 0.25) is 0 Å². The quantitative estimate of drug-likeness (QED) is 0.629. The zero-order chi connectivity index (χ0) is 16.9. The van der Waals surface area contributed by atoms with Crippen LogP contribution in [0.25, 0.3) is 0 Å². The van der Waals surface area contributed by atoms with Gasteiger partial charge in [0.05, 0.1) is 0 Å². The van der Waals surface area contributed by atoms with E-state index in [1.807, 2.05) is 0 Å². The maximum Gasteiger partial charge on any atom is 0.407 e. The summed E-state index contributed by atoms with van der Waals surface area (Å²) in [5.74, 6) is -1.24. The Morgan fingerprint density at radius 1 is 1.36 bits per heavy atom. The number of aromatic nitrogens is 1. The second kappa shape index (κ2) is 7.19. The van der Waals surface area contributed by atoms with Gasteiger partial charge in [0, 0.05) is 12.7 Å². The minimum absolute atomic E-state index is 0.186. The molecule has 1 heterocycles. The molecule has 0 aliphatic heterocycles. The molecule has 4 N–H and O–H groups in total. The highest BCUT2D eigenvalue weighted by molar-refractivity contribution is 5.85. The van der Waals surface area contributed by atoms with Gasteiger partial charge in [-0.25, -0.2) is 14.6 Å². The van der Waals surface area contributed by atoms with E-state index in [-0.39, 0.29) is 17.8 Å². The van der Waals surface area contributed by atoms with Crippen LogP contribution in [-0.4, -0.2) is 50.6 Å². The zero-order valence-electron chi connectivity index (χ0n) is 12.6. The predicted molar refractivity (Wildman–Crippen MR) is 76.4 cm³/mol. The number of rotatable bonds is 5. The molecule has 0 bridgehead atoms. The molecule has 122 valence electrons. The molecule has 0 aliphatic rings. The monoisotopic (exact) mass is 312 g/mol. The molecule has 1 aromatic rings. The molecule has 1 rings (SSSR count). The van der Waals surface area contributed by atoms with Crippen LogP contribution in [0.4, 0.5) is 4.79 Å². The number of aliphatic hydroxyl groups excluding tert-OH is 2. The van der Waals surface area contributed by atoms with Crippen molar-refractivity contribution in [3.63, 3.8) is 0 Å². The van der Waals surface area contributed by atoms with Gasteiger partial charge in [-0.15, -0.1) is 0 Å². The third kappa shape index (κ3) is 5.66. The molecule has 0 fully saturated rings. The van der Waals surface area contributed by atoms with Gasteiger partial charge in [-0.2, -0.15) is 0 Å². The van der Waals surface area contributed by atoms with Gasteiger partial charge in [0.25, 0.3) is 0 Å². The Hall–Kier alpha value is -2.19. The fourth-order valence-electron chi connectivity index (χ4n) is 1.58. The average Bonchev–Trinajstić information content (AvgIpc) is 2.42. The number of hydrogen-bond acceptors (Lipinski definition) is 6. The fourth-order valence-corrected chi connectivity index (χ4v) is 1.58. The number of carboxylic acids is 1. The second-order valence-corrected chi connectivity index (χ2v) is 5.67. The molecule has 0 spiro atoms. The highest BCUT2D eigenvalue weighted by Crippen LogP contribution is 2.17. The number of alkyl carbamates (subject to hydrolysis) is 1. The SMILES string of the molecule is CC(C)(C)OC(=O)NCC(O)C(O)c1ccnc(C(=O)O)c1. The Kier molecular flexibility index (Phi) is 5.84. The first kappa shape index (κ1) is 17.9. The van der Waals surface area contributed by atoms with E-state index in [1.54, 1.807) is 20.8 Å². The van der Waals surface area contributed by atoms with Crippen molar-refractivity contribution < 1.29 is 29.6 Å². The van der Waals surface area contributed by atoms with Crippen LogP contribution in [0.1, 0.15) is 42.9 Å². The summed E-state index contributed by atoms with van der Waals surface area (Å²) in [7, 11) is 0. The fraction of sp³-hybridized carbons (Fsp3) is 0.500. The van der Waals surface area contributed by atoms with E-state index in [0.29, 0.717) is 0 Å². The topological polar surface area (TPSA) is 129 Å². The summed E-state index contributed by atoms with van der Waals surface area (Å²) in [6.07, 6.45) is -2.19. The number of carboxylic acid groups (broad SMARTS) is 1. The van der Waals surface area contributed by atoms with Crippen molar-refractivity contribution in [1.29, 1.82) is 0 Å². The van der Waals surface area contributed by atoms with Crippen molar-refractivity contribution in [3.8, 4) is 0 Å². The summed E-state index contributed by atoms with van der Waals surface area (Å²) in [4.78, 5) is 25.9. The number of nitrogens with zero attached hydrogens (tertiary/aromatic N) is 1. The maximum atomic E-state index is 11.5. The van der Waals surface area contributed by atoms with Crippen LogP contribution < -0.4 is 5.32 Å². The molecule has 2 atom stereocenters. The van der Waals surface area contributed by atoms with E-state index >= 15 is 0 Å². The molecule has 0 saturated heterocycles. The summed E-state index contributed by atoms with van der Waals surface area (Å²) in [6.45, 7) is 4.84. The van der Waals surface area contributed by atoms with E-state index < -0.39 is 29.9 Å². The first-order valence-corrected chi connectivity index (χ1v) is 6.62. The van der Waals surface area contributed by atoms with E-state index in [2.05, 4.69) is 10.3 Å². The lowest BCUT2D eigenvalue weighted by atomic mass is 10.0. The number of carbonyl (C=O) groups excluding carboxylic acids is 1. The third-order valence-corrected chi connectivity index (χ3v) is 2.56. The van der Waals surface area contributed by atoms with Gasteiger partial charge in [0.2, 0.25) is 0 Å². The summed E-state index contributed by atoms with van der Waals surface area (Å²) < 4.78 is 4.99. The van der Waals surface area contributed by atoms with E-state index in [1.165, 1.54) is 12.3 Å². The summed E-state index contributed by atoms with van der Waals surface area (Å²) in [6, 6.07) is 2.54. The van der Waals surface area contributed by atoms with Crippen molar-refractivity contribution in [2.45, 2.75) is 38.6 Å². The van der Waals surface area contributed by atoms with Gasteiger partial charge in [-0.05, 0) is 38.5 Å². The van der Waals surface area contributed by atoms with Gasteiger partial charge in [0.15, 0.2) is 0 Å². The van der Waals surface area contributed by atoms with Gasteiger partial charge in [0.1, 0.15) is 23.5 Å². The molecule has 0 saturated carbocycles. The van der Waals surface area contributed by atoms with Crippen molar-refractivity contribution in [3.05, 3.63) is 29.6 Å². The lowest BCUT2D eigenvalue weighted by molar-refractivity contribution is 0.0128. The van der Waals surface area contributed by atoms with Crippen molar-refractivity contribution in [1.82, 2.24) is 10.3 Å². The Bertz CT molecular complexity index is 540. The molecule has 8 nitrogen and oxygen atoms in total. The molecule has 0 aromatic carbocycles. The Morgan fingerprint density at radius 2 is 2.00 bits per heavy atom. The van der Waals surface area contributed by atoms with Crippen molar-refractivity contribution in [2.75, 3.05) is 6.54 Å². The lowest BCUT2D eigenvalue weighted by Crippen LogP contribution is -2.38. The summed E-state index contributed by atoms with van der Waals surface area (Å²) in [5.41, 5.74) is -0.732. The number of hydrogen-bond donors (Lipinski definition) is 4. The molecular weight excluding hydrogens is 292 g/mol. The van der Waals surface area contributed by atoms with Crippen LogP contribution in [0.3, 0.4) is 0 Å². The molecular formula is C14H20N2O6. The summed E-state index contributed by atoms with van der Waals surface area (Å²) in [5, 5.41) is 31.0. The van der Waals surface area contributed by atoms with Crippen LogP contribution >= 0.6 is 0 Å². The van der Waals surface area contributed by atoms with E-state index in [9.17, 15) is 19.8 Å². The number of ether oxygens (including phenoxy) is 1. The van der Waals surface area contributed by atoms with Crippen LogP contribution in [0.5, 0.6) is 0 Å². The number of nitrogens with one attached hydrogen (secondary N) is 1. The molecule has 22 heavy (non-hydrogen) atoms. The first-order valence-electron chi connectivity index (χ1n) is 6.62. The first-order chi connectivity index (χ1) is 10.1. The molecule has 0 aliphatic carbocycles. The number of carbonyl (C=O) groups is 2. The molecule has 0 radical (unpaired) electrons. The summed E-state index contributed by atoms with van der Waals surface area (Å²) >= 11 is 0. The van der Waals surface area contributed by atoms with E-state index in [0.717, 1.165) is 6.07 Å². The molecule has 2 unspecified atom stereocenters. The van der Waals surface area contributed by atoms with Gasteiger partial charge < -0.3 is 25.4 Å². The Balaban J connectivity index is 2.62. The van der Waals surface area contributed by atoms with E-state index in [4.69, 9.17) is 9.84 Å². The van der Waals surface area contributed by atoms with Crippen LogP contribution in [0, 0.1) is 0 Å². The van der Waals surface area contributed by atoms with Crippen LogP contribution in [-0.2, 0) is 4.74 Å². The second-order valence-electron chi connectivity index (χ2n) is 5.67.